The molecule has 1 aromatic carbocycles. The van der Waals surface area contributed by atoms with E-state index in [1.807, 2.05) is 0 Å². The van der Waals surface area contributed by atoms with Gasteiger partial charge in [0.1, 0.15) is 0 Å². The predicted octanol–water partition coefficient (Wildman–Crippen LogP) is 0.499. The van der Waals surface area contributed by atoms with E-state index in [9.17, 15) is 18.0 Å². The highest BCUT2D eigenvalue weighted by atomic mass is 32.2. The van der Waals surface area contributed by atoms with Crippen molar-refractivity contribution >= 4 is 26.6 Å². The van der Waals surface area contributed by atoms with Crippen molar-refractivity contribution in [3.8, 4) is 0 Å². The zero-order chi connectivity index (χ0) is 12.8. The van der Waals surface area contributed by atoms with Crippen molar-refractivity contribution in [1.29, 1.82) is 0 Å². The fourth-order valence-electron chi connectivity index (χ4n) is 1.70. The van der Waals surface area contributed by atoms with E-state index in [1.165, 1.54) is 25.1 Å². The molecular formula is C10H9NO5S. The summed E-state index contributed by atoms with van der Waals surface area (Å²) in [5.74, 6) is -1.24. The van der Waals surface area contributed by atoms with Gasteiger partial charge in [0.25, 0.3) is 5.12 Å². The standard InChI is InChI=1S/C10H9NO5S/c1-5-10(14)17(15,16)7-4-2-3-6(9(12)13)8(7)11-5/h2-5,11H,1H3,(H,12,13). The molecule has 0 fully saturated rings. The second kappa shape index (κ2) is 3.56. The molecule has 0 bridgehead atoms. The molecule has 1 atom stereocenters. The highest BCUT2D eigenvalue weighted by molar-refractivity contribution is 8.06. The highest BCUT2D eigenvalue weighted by Gasteiger charge is 2.38. The summed E-state index contributed by atoms with van der Waals surface area (Å²) in [4.78, 5) is 22.2. The largest absolute Gasteiger partial charge is 0.478 e. The molecule has 0 radical (unpaired) electrons. The van der Waals surface area contributed by atoms with E-state index >= 15 is 0 Å². The summed E-state index contributed by atoms with van der Waals surface area (Å²) in [6.07, 6.45) is 0. The molecule has 6 nitrogen and oxygen atoms in total. The average Bonchev–Trinajstić information content (AvgIpc) is 2.26. The Bertz CT molecular complexity index is 620. The van der Waals surface area contributed by atoms with Crippen LogP contribution in [0.4, 0.5) is 5.69 Å². The Morgan fingerprint density at radius 2 is 2.06 bits per heavy atom. The number of benzene rings is 1. The minimum absolute atomic E-state index is 0.0212. The normalized spacial score (nSPS) is 21.5. The Balaban J connectivity index is 2.79. The first-order valence-corrected chi connectivity index (χ1v) is 6.26. The van der Waals surface area contributed by atoms with Crippen LogP contribution in [0.15, 0.2) is 23.1 Å². The maximum absolute atomic E-state index is 11.8. The summed E-state index contributed by atoms with van der Waals surface area (Å²) in [6.45, 7) is 1.38. The number of aromatic carboxylic acids is 1. The molecule has 7 heteroatoms. The molecule has 90 valence electrons. The van der Waals surface area contributed by atoms with Crippen molar-refractivity contribution in [2.75, 3.05) is 5.32 Å². The lowest BCUT2D eigenvalue weighted by atomic mass is 10.1. The van der Waals surface area contributed by atoms with Crippen molar-refractivity contribution in [3.05, 3.63) is 23.8 Å². The lowest BCUT2D eigenvalue weighted by molar-refractivity contribution is -0.112. The summed E-state index contributed by atoms with van der Waals surface area (Å²) in [7, 11) is -4.09. The fourth-order valence-corrected chi connectivity index (χ4v) is 3.14. The molecular weight excluding hydrogens is 246 g/mol. The van der Waals surface area contributed by atoms with Crippen LogP contribution in [0.25, 0.3) is 0 Å². The Hall–Kier alpha value is -1.89. The van der Waals surface area contributed by atoms with Crippen LogP contribution < -0.4 is 5.32 Å². The van der Waals surface area contributed by atoms with Crippen LogP contribution in [0.5, 0.6) is 0 Å². The Morgan fingerprint density at radius 1 is 1.41 bits per heavy atom. The Labute approximate surface area is 97.2 Å². The van der Waals surface area contributed by atoms with E-state index in [0.29, 0.717) is 0 Å². The van der Waals surface area contributed by atoms with Crippen LogP contribution in [-0.2, 0) is 14.6 Å². The van der Waals surface area contributed by atoms with Crippen molar-refractivity contribution in [3.63, 3.8) is 0 Å². The molecule has 1 unspecified atom stereocenters. The summed E-state index contributed by atoms with van der Waals surface area (Å²) in [5, 5.41) is 10.6. The smallest absolute Gasteiger partial charge is 0.337 e. The predicted molar refractivity (Wildman–Crippen MR) is 58.7 cm³/mol. The third kappa shape index (κ3) is 1.59. The zero-order valence-corrected chi connectivity index (χ0v) is 9.61. The number of anilines is 1. The van der Waals surface area contributed by atoms with E-state index in [0.717, 1.165) is 0 Å². The van der Waals surface area contributed by atoms with Gasteiger partial charge in [0.2, 0.25) is 9.84 Å². The van der Waals surface area contributed by atoms with Crippen molar-refractivity contribution in [1.82, 2.24) is 0 Å². The van der Waals surface area contributed by atoms with Crippen molar-refractivity contribution < 1.29 is 23.1 Å². The van der Waals surface area contributed by atoms with Gasteiger partial charge in [-0.1, -0.05) is 6.07 Å². The van der Waals surface area contributed by atoms with Gasteiger partial charge in [-0.15, -0.1) is 0 Å². The van der Waals surface area contributed by atoms with Gasteiger partial charge in [-0.25, -0.2) is 13.2 Å². The number of carboxylic acid groups (broad SMARTS) is 1. The number of para-hydroxylation sites is 1. The molecule has 0 spiro atoms. The zero-order valence-electron chi connectivity index (χ0n) is 8.80. The molecule has 1 aliphatic rings. The number of fused-ring (bicyclic) bond motifs is 1. The van der Waals surface area contributed by atoms with Gasteiger partial charge in [0, 0.05) is 0 Å². The number of rotatable bonds is 1. The fraction of sp³-hybridized carbons (Fsp3) is 0.200. The van der Waals surface area contributed by atoms with E-state index in [4.69, 9.17) is 5.11 Å². The summed E-state index contributed by atoms with van der Waals surface area (Å²) in [5.41, 5.74) is -0.183. The lowest BCUT2D eigenvalue weighted by Gasteiger charge is -2.23. The number of nitrogens with one attached hydrogen (secondary N) is 1. The number of carbonyl (C=O) groups excluding carboxylic acids is 1. The van der Waals surface area contributed by atoms with Gasteiger partial charge in [-0.2, -0.15) is 0 Å². The minimum Gasteiger partial charge on any atom is -0.478 e. The Kier molecular flexibility index (Phi) is 2.43. The van der Waals surface area contributed by atoms with Crippen molar-refractivity contribution in [2.45, 2.75) is 17.9 Å². The first-order valence-electron chi connectivity index (χ1n) is 4.77. The minimum atomic E-state index is -4.09. The van der Waals surface area contributed by atoms with E-state index < -0.39 is 27.0 Å². The van der Waals surface area contributed by atoms with Gasteiger partial charge in [0.05, 0.1) is 22.2 Å². The third-order valence-electron chi connectivity index (χ3n) is 2.53. The number of hydrogen-bond acceptors (Lipinski definition) is 5. The first kappa shape index (κ1) is 11.6. The number of sulfone groups is 1. The van der Waals surface area contributed by atoms with Crippen LogP contribution in [0, 0.1) is 0 Å². The van der Waals surface area contributed by atoms with Gasteiger partial charge in [0.15, 0.2) is 0 Å². The van der Waals surface area contributed by atoms with Crippen LogP contribution in [-0.4, -0.2) is 30.7 Å². The molecule has 0 saturated heterocycles. The van der Waals surface area contributed by atoms with Gasteiger partial charge in [-0.3, -0.25) is 4.79 Å². The Morgan fingerprint density at radius 3 is 2.65 bits per heavy atom. The highest BCUT2D eigenvalue weighted by Crippen LogP contribution is 2.32. The SMILES string of the molecule is CC1Nc2c(C(=O)O)cccc2S(=O)(=O)C1=O. The molecule has 1 aromatic rings. The van der Waals surface area contributed by atoms with Crippen LogP contribution in [0.2, 0.25) is 0 Å². The number of hydrogen-bond donors (Lipinski definition) is 2. The maximum Gasteiger partial charge on any atom is 0.337 e. The molecule has 1 aliphatic heterocycles. The van der Waals surface area contributed by atoms with Crippen LogP contribution in [0.1, 0.15) is 17.3 Å². The molecule has 0 saturated carbocycles. The van der Waals surface area contributed by atoms with Crippen LogP contribution >= 0.6 is 0 Å². The van der Waals surface area contributed by atoms with Gasteiger partial charge in [-0.05, 0) is 19.1 Å². The molecule has 17 heavy (non-hydrogen) atoms. The molecule has 1 heterocycles. The van der Waals surface area contributed by atoms with Gasteiger partial charge >= 0.3 is 5.97 Å². The first-order chi connectivity index (χ1) is 7.85. The summed E-state index contributed by atoms with van der Waals surface area (Å²) < 4.78 is 23.6. The molecule has 0 aromatic heterocycles. The van der Waals surface area contributed by atoms with E-state index in [1.54, 1.807) is 0 Å². The number of carboxylic acids is 1. The van der Waals surface area contributed by atoms with Crippen LogP contribution in [0.3, 0.4) is 0 Å². The van der Waals surface area contributed by atoms with Crippen molar-refractivity contribution in [2.24, 2.45) is 0 Å². The lowest BCUT2D eigenvalue weighted by Crippen LogP contribution is -2.38. The second-order valence-electron chi connectivity index (χ2n) is 3.67. The van der Waals surface area contributed by atoms with E-state index in [-0.39, 0.29) is 16.1 Å². The summed E-state index contributed by atoms with van der Waals surface area (Å²) >= 11 is 0. The molecule has 0 aliphatic carbocycles. The average molecular weight is 255 g/mol. The maximum atomic E-state index is 11.8. The topological polar surface area (TPSA) is 101 Å². The molecule has 0 amide bonds. The second-order valence-corrected chi connectivity index (χ2v) is 5.52. The van der Waals surface area contributed by atoms with E-state index in [2.05, 4.69) is 5.32 Å². The third-order valence-corrected chi connectivity index (χ3v) is 4.33. The van der Waals surface area contributed by atoms with Gasteiger partial charge < -0.3 is 10.4 Å². The number of carbonyl (C=O) groups is 2. The summed E-state index contributed by atoms with van der Waals surface area (Å²) in [6, 6.07) is 2.85. The molecule has 2 N–H and O–H groups in total. The molecule has 2 rings (SSSR count). The quantitative estimate of drug-likeness (QED) is 0.757. The monoisotopic (exact) mass is 255 g/mol.